The Morgan fingerprint density at radius 3 is 2.50 bits per heavy atom. The highest BCUT2D eigenvalue weighted by Crippen LogP contribution is 2.20. The number of hydrogen-bond acceptors (Lipinski definition) is 3. The summed E-state index contributed by atoms with van der Waals surface area (Å²) in [7, 11) is 0. The van der Waals surface area contributed by atoms with E-state index < -0.39 is 11.9 Å². The summed E-state index contributed by atoms with van der Waals surface area (Å²) in [6.07, 6.45) is 0. The molecule has 3 N–H and O–H groups in total. The van der Waals surface area contributed by atoms with Crippen molar-refractivity contribution < 1.29 is 19.8 Å². The Morgan fingerprint density at radius 1 is 1.10 bits per heavy atom. The molecule has 0 aliphatic carbocycles. The number of rotatable bonds is 3. The fraction of sp³-hybridized carbons (Fsp3) is 0.0667. The molecular weight excluding hydrogens is 258 g/mol. The minimum absolute atomic E-state index is 0.0796. The summed E-state index contributed by atoms with van der Waals surface area (Å²) in [5.74, 6) is -1.68. The van der Waals surface area contributed by atoms with Crippen LogP contribution >= 0.6 is 0 Å². The highest BCUT2D eigenvalue weighted by molar-refractivity contribution is 6.06. The number of phenols is 1. The van der Waals surface area contributed by atoms with E-state index in [2.05, 4.69) is 5.32 Å². The number of hydrogen-bond donors (Lipinski definition) is 3. The zero-order valence-corrected chi connectivity index (χ0v) is 10.8. The van der Waals surface area contributed by atoms with E-state index in [1.165, 1.54) is 30.3 Å². The van der Waals surface area contributed by atoms with E-state index in [0.29, 0.717) is 5.69 Å². The fourth-order valence-corrected chi connectivity index (χ4v) is 1.76. The third kappa shape index (κ3) is 2.95. The van der Waals surface area contributed by atoms with Gasteiger partial charge in [0.05, 0.1) is 11.1 Å². The van der Waals surface area contributed by atoms with Gasteiger partial charge in [0.25, 0.3) is 5.91 Å². The van der Waals surface area contributed by atoms with Gasteiger partial charge in [-0.25, -0.2) is 4.79 Å². The minimum Gasteiger partial charge on any atom is -0.507 e. The summed E-state index contributed by atoms with van der Waals surface area (Å²) in [5, 5.41) is 21.2. The maximum absolute atomic E-state index is 12.0. The number of anilines is 1. The van der Waals surface area contributed by atoms with Gasteiger partial charge in [0.1, 0.15) is 5.75 Å². The first-order valence-corrected chi connectivity index (χ1v) is 5.91. The van der Waals surface area contributed by atoms with Crippen molar-refractivity contribution in [1.82, 2.24) is 0 Å². The molecule has 0 radical (unpaired) electrons. The zero-order chi connectivity index (χ0) is 14.7. The van der Waals surface area contributed by atoms with Gasteiger partial charge in [-0.3, -0.25) is 4.79 Å². The molecule has 0 saturated heterocycles. The monoisotopic (exact) mass is 271 g/mol. The van der Waals surface area contributed by atoms with Crippen molar-refractivity contribution in [3.63, 3.8) is 0 Å². The number of carboxylic acids is 1. The number of aromatic carboxylic acids is 1. The Labute approximate surface area is 115 Å². The van der Waals surface area contributed by atoms with Gasteiger partial charge in [-0.2, -0.15) is 0 Å². The van der Waals surface area contributed by atoms with E-state index >= 15 is 0 Å². The number of phenolic OH excluding ortho intramolecular Hbond substituents is 1. The van der Waals surface area contributed by atoms with E-state index in [1.807, 2.05) is 0 Å². The summed E-state index contributed by atoms with van der Waals surface area (Å²) in [5.41, 5.74) is 1.41. The Bertz CT molecular complexity index is 679. The molecule has 0 aromatic heterocycles. The molecule has 0 unspecified atom stereocenters. The predicted octanol–water partition coefficient (Wildman–Crippen LogP) is 2.65. The molecule has 0 bridgehead atoms. The predicted molar refractivity (Wildman–Crippen MR) is 74.2 cm³/mol. The average Bonchev–Trinajstić information content (AvgIpc) is 2.38. The maximum atomic E-state index is 12.0. The summed E-state index contributed by atoms with van der Waals surface area (Å²) in [4.78, 5) is 22.9. The molecule has 2 aromatic rings. The van der Waals surface area contributed by atoms with Crippen LogP contribution in [0, 0.1) is 6.92 Å². The quantitative estimate of drug-likeness (QED) is 0.801. The Balaban J connectivity index is 2.23. The van der Waals surface area contributed by atoms with Gasteiger partial charge in [-0.15, -0.1) is 0 Å². The minimum atomic E-state index is -1.07. The molecule has 0 aliphatic rings. The van der Waals surface area contributed by atoms with E-state index in [4.69, 9.17) is 5.11 Å². The number of carbonyl (C=O) groups is 2. The number of carboxylic acid groups (broad SMARTS) is 1. The van der Waals surface area contributed by atoms with Crippen LogP contribution in [0.15, 0.2) is 42.5 Å². The first-order valence-electron chi connectivity index (χ1n) is 5.91. The highest BCUT2D eigenvalue weighted by atomic mass is 16.4. The molecule has 0 saturated carbocycles. The van der Waals surface area contributed by atoms with Gasteiger partial charge in [0.15, 0.2) is 0 Å². The van der Waals surface area contributed by atoms with Crippen LogP contribution in [0.1, 0.15) is 26.3 Å². The first-order chi connectivity index (χ1) is 9.47. The number of nitrogens with one attached hydrogen (secondary N) is 1. The van der Waals surface area contributed by atoms with Crippen molar-refractivity contribution >= 4 is 17.6 Å². The highest BCUT2D eigenvalue weighted by Gasteiger charge is 2.12. The van der Waals surface area contributed by atoms with Gasteiger partial charge in [-0.05, 0) is 42.8 Å². The lowest BCUT2D eigenvalue weighted by atomic mass is 10.1. The molecule has 5 heteroatoms. The molecule has 0 spiro atoms. The second-order valence-electron chi connectivity index (χ2n) is 4.36. The van der Waals surface area contributed by atoms with Gasteiger partial charge >= 0.3 is 5.97 Å². The topological polar surface area (TPSA) is 86.6 Å². The second kappa shape index (κ2) is 5.44. The molecule has 2 rings (SSSR count). The lowest BCUT2D eigenvalue weighted by Gasteiger charge is -2.08. The van der Waals surface area contributed by atoms with E-state index in [9.17, 15) is 14.7 Å². The lowest BCUT2D eigenvalue weighted by molar-refractivity contribution is 0.0696. The summed E-state index contributed by atoms with van der Waals surface area (Å²) in [6, 6.07) is 10.6. The van der Waals surface area contributed by atoms with Crippen LogP contribution in [0.3, 0.4) is 0 Å². The number of benzene rings is 2. The third-order valence-corrected chi connectivity index (χ3v) is 2.77. The number of aryl methyl sites for hydroxylation is 1. The van der Waals surface area contributed by atoms with Gasteiger partial charge in [0.2, 0.25) is 0 Å². The van der Waals surface area contributed by atoms with E-state index in [0.717, 1.165) is 5.56 Å². The second-order valence-corrected chi connectivity index (χ2v) is 4.36. The molecule has 0 aliphatic heterocycles. The zero-order valence-electron chi connectivity index (χ0n) is 10.8. The van der Waals surface area contributed by atoms with Crippen LogP contribution in [-0.4, -0.2) is 22.1 Å². The first kappa shape index (κ1) is 13.6. The van der Waals surface area contributed by atoms with Crippen LogP contribution in [0.25, 0.3) is 0 Å². The number of carbonyl (C=O) groups excluding carboxylic acids is 1. The molecule has 102 valence electrons. The Morgan fingerprint density at radius 2 is 1.85 bits per heavy atom. The van der Waals surface area contributed by atoms with Crippen molar-refractivity contribution in [3.05, 3.63) is 59.2 Å². The van der Waals surface area contributed by atoms with E-state index in [-0.39, 0.29) is 16.9 Å². The molecule has 0 atom stereocenters. The Kier molecular flexibility index (Phi) is 3.70. The molecule has 1 amide bonds. The van der Waals surface area contributed by atoms with Crippen LogP contribution in [-0.2, 0) is 0 Å². The SMILES string of the molecule is Cc1ccc(C(=O)Nc2cccc(C(=O)O)c2)c(O)c1. The maximum Gasteiger partial charge on any atom is 0.335 e. The molecule has 20 heavy (non-hydrogen) atoms. The number of aromatic hydroxyl groups is 1. The molecule has 2 aromatic carbocycles. The van der Waals surface area contributed by atoms with Crippen molar-refractivity contribution in [2.75, 3.05) is 5.32 Å². The lowest BCUT2D eigenvalue weighted by Crippen LogP contribution is -2.12. The molecular formula is C15H13NO4. The standard InChI is InChI=1S/C15H13NO4/c1-9-5-6-12(13(17)7-9)14(18)16-11-4-2-3-10(8-11)15(19)20/h2-8,17H,1H3,(H,16,18)(H,19,20). The number of amides is 1. The summed E-state index contributed by atoms with van der Waals surface area (Å²) < 4.78 is 0. The average molecular weight is 271 g/mol. The third-order valence-electron chi connectivity index (χ3n) is 2.77. The van der Waals surface area contributed by atoms with Crippen LogP contribution in [0.5, 0.6) is 5.75 Å². The molecule has 0 heterocycles. The van der Waals surface area contributed by atoms with Crippen molar-refractivity contribution in [1.29, 1.82) is 0 Å². The van der Waals surface area contributed by atoms with Crippen molar-refractivity contribution in [2.24, 2.45) is 0 Å². The molecule has 5 nitrogen and oxygen atoms in total. The fourth-order valence-electron chi connectivity index (χ4n) is 1.76. The largest absolute Gasteiger partial charge is 0.507 e. The summed E-state index contributed by atoms with van der Waals surface area (Å²) in [6.45, 7) is 1.80. The van der Waals surface area contributed by atoms with Crippen LogP contribution in [0.4, 0.5) is 5.69 Å². The normalized spacial score (nSPS) is 10.1. The van der Waals surface area contributed by atoms with Crippen molar-refractivity contribution in [2.45, 2.75) is 6.92 Å². The van der Waals surface area contributed by atoms with Crippen molar-refractivity contribution in [3.8, 4) is 5.75 Å². The molecule has 0 fully saturated rings. The Hall–Kier alpha value is -2.82. The van der Waals surface area contributed by atoms with Crippen LogP contribution < -0.4 is 5.32 Å². The van der Waals surface area contributed by atoms with Gasteiger partial charge in [0, 0.05) is 5.69 Å². The smallest absolute Gasteiger partial charge is 0.335 e. The van der Waals surface area contributed by atoms with Gasteiger partial charge < -0.3 is 15.5 Å². The van der Waals surface area contributed by atoms with E-state index in [1.54, 1.807) is 19.1 Å². The summed E-state index contributed by atoms with van der Waals surface area (Å²) >= 11 is 0. The van der Waals surface area contributed by atoms with Gasteiger partial charge in [-0.1, -0.05) is 12.1 Å². The van der Waals surface area contributed by atoms with Crippen LogP contribution in [0.2, 0.25) is 0 Å².